The van der Waals surface area contributed by atoms with E-state index in [1.807, 2.05) is 12.1 Å². The summed E-state index contributed by atoms with van der Waals surface area (Å²) in [5.74, 6) is 0.164. The van der Waals surface area contributed by atoms with Gasteiger partial charge in [-0.25, -0.2) is 8.42 Å². The lowest BCUT2D eigenvalue weighted by atomic mass is 10.1. The highest BCUT2D eigenvalue weighted by Gasteiger charge is 2.11. The van der Waals surface area contributed by atoms with E-state index in [2.05, 4.69) is 10.2 Å². The van der Waals surface area contributed by atoms with Gasteiger partial charge in [0.1, 0.15) is 0 Å². The van der Waals surface area contributed by atoms with Crippen molar-refractivity contribution in [2.24, 2.45) is 0 Å². The molecule has 1 aromatic carbocycles. The predicted octanol–water partition coefficient (Wildman–Crippen LogP) is 1.71. The van der Waals surface area contributed by atoms with Crippen molar-refractivity contribution in [2.75, 3.05) is 38.5 Å². The molecule has 0 amide bonds. The third kappa shape index (κ3) is 5.09. The van der Waals surface area contributed by atoms with Crippen molar-refractivity contribution in [2.45, 2.75) is 31.1 Å². The summed E-state index contributed by atoms with van der Waals surface area (Å²) in [6, 6.07) is 7.38. The topological polar surface area (TPSA) is 49.4 Å². The Morgan fingerprint density at radius 3 is 2.38 bits per heavy atom. The Hall–Kier alpha value is -0.910. The molecule has 2 rings (SSSR count). The highest BCUT2D eigenvalue weighted by atomic mass is 32.2. The van der Waals surface area contributed by atoms with Gasteiger partial charge in [-0.2, -0.15) is 0 Å². The minimum absolute atomic E-state index is 0.164. The molecule has 1 aromatic rings. The first-order chi connectivity index (χ1) is 10.1. The van der Waals surface area contributed by atoms with Crippen molar-refractivity contribution in [3.63, 3.8) is 0 Å². The lowest BCUT2D eigenvalue weighted by Crippen LogP contribution is -2.43. The van der Waals surface area contributed by atoms with Gasteiger partial charge in [0.2, 0.25) is 0 Å². The van der Waals surface area contributed by atoms with Gasteiger partial charge in [0.05, 0.1) is 10.6 Å². The number of sulfone groups is 1. The predicted molar refractivity (Wildman–Crippen MR) is 86.4 cm³/mol. The largest absolute Gasteiger partial charge is 0.314 e. The van der Waals surface area contributed by atoms with Crippen LogP contribution in [0.1, 0.15) is 25.3 Å². The highest BCUT2D eigenvalue weighted by Crippen LogP contribution is 2.14. The molecule has 21 heavy (non-hydrogen) atoms. The van der Waals surface area contributed by atoms with Gasteiger partial charge in [-0.15, -0.1) is 0 Å². The van der Waals surface area contributed by atoms with Crippen LogP contribution >= 0.6 is 0 Å². The van der Waals surface area contributed by atoms with Crippen molar-refractivity contribution in [3.05, 3.63) is 29.8 Å². The lowest BCUT2D eigenvalue weighted by Gasteiger charge is -2.27. The molecule has 0 aromatic heterocycles. The zero-order valence-electron chi connectivity index (χ0n) is 12.8. The maximum absolute atomic E-state index is 11.7. The van der Waals surface area contributed by atoms with Gasteiger partial charge in [-0.3, -0.25) is 0 Å². The van der Waals surface area contributed by atoms with Crippen LogP contribution in [0.25, 0.3) is 0 Å². The van der Waals surface area contributed by atoms with E-state index in [9.17, 15) is 8.42 Å². The van der Waals surface area contributed by atoms with Crippen molar-refractivity contribution in [3.8, 4) is 0 Å². The number of nitrogens with one attached hydrogen (secondary N) is 1. The number of hydrogen-bond acceptors (Lipinski definition) is 4. The first kappa shape index (κ1) is 16.5. The van der Waals surface area contributed by atoms with Gasteiger partial charge in [0, 0.05) is 26.2 Å². The third-order valence-electron chi connectivity index (χ3n) is 4.06. The Balaban J connectivity index is 1.73. The Morgan fingerprint density at radius 2 is 1.76 bits per heavy atom. The van der Waals surface area contributed by atoms with Crippen LogP contribution in [0.15, 0.2) is 29.2 Å². The molecule has 1 saturated heterocycles. The molecule has 0 atom stereocenters. The number of hydrogen-bond donors (Lipinski definition) is 1. The van der Waals surface area contributed by atoms with Crippen molar-refractivity contribution in [1.82, 2.24) is 10.2 Å². The molecule has 1 heterocycles. The summed E-state index contributed by atoms with van der Waals surface area (Å²) in [5.41, 5.74) is 1.23. The maximum Gasteiger partial charge on any atom is 0.178 e. The SMILES string of the molecule is CCS(=O)(=O)c1ccc(CCCCN2CCNCC2)cc1. The maximum atomic E-state index is 11.7. The average molecular weight is 310 g/mol. The van der Waals surface area contributed by atoms with Crippen molar-refractivity contribution in [1.29, 1.82) is 0 Å². The molecule has 1 N–H and O–H groups in total. The Kier molecular flexibility index (Phi) is 6.21. The molecule has 0 spiro atoms. The summed E-state index contributed by atoms with van der Waals surface area (Å²) in [6.07, 6.45) is 3.39. The molecule has 0 saturated carbocycles. The number of nitrogens with zero attached hydrogens (tertiary/aromatic N) is 1. The van der Waals surface area contributed by atoms with Gasteiger partial charge in [-0.05, 0) is 43.5 Å². The van der Waals surface area contributed by atoms with E-state index in [0.717, 1.165) is 39.0 Å². The highest BCUT2D eigenvalue weighted by molar-refractivity contribution is 7.91. The fraction of sp³-hybridized carbons (Fsp3) is 0.625. The molecular formula is C16H26N2O2S. The number of benzene rings is 1. The zero-order valence-corrected chi connectivity index (χ0v) is 13.7. The van der Waals surface area contributed by atoms with E-state index in [1.54, 1.807) is 19.1 Å². The summed E-state index contributed by atoms with van der Waals surface area (Å²) >= 11 is 0. The number of piperazine rings is 1. The van der Waals surface area contributed by atoms with Crippen LogP contribution in [0.5, 0.6) is 0 Å². The van der Waals surface area contributed by atoms with Crippen LogP contribution in [0.3, 0.4) is 0 Å². The Labute approximate surface area is 128 Å². The van der Waals surface area contributed by atoms with Crippen LogP contribution in [-0.4, -0.2) is 51.8 Å². The van der Waals surface area contributed by atoms with Gasteiger partial charge >= 0.3 is 0 Å². The molecule has 1 aliphatic rings. The average Bonchev–Trinajstić information content (AvgIpc) is 2.53. The van der Waals surface area contributed by atoms with Crippen molar-refractivity contribution >= 4 is 9.84 Å². The molecule has 5 heteroatoms. The number of rotatable bonds is 7. The minimum atomic E-state index is -3.07. The zero-order chi connectivity index (χ0) is 15.1. The summed E-state index contributed by atoms with van der Waals surface area (Å²) in [4.78, 5) is 2.95. The van der Waals surface area contributed by atoms with Crippen LogP contribution in [0, 0.1) is 0 Å². The molecule has 0 radical (unpaired) electrons. The van der Waals surface area contributed by atoms with Crippen molar-refractivity contribution < 1.29 is 8.42 Å². The van der Waals surface area contributed by atoms with Crippen LogP contribution in [0.4, 0.5) is 0 Å². The van der Waals surface area contributed by atoms with Gasteiger partial charge in [-0.1, -0.05) is 19.1 Å². The Morgan fingerprint density at radius 1 is 1.10 bits per heavy atom. The van der Waals surface area contributed by atoms with E-state index >= 15 is 0 Å². The normalized spacial score (nSPS) is 17.0. The molecule has 0 bridgehead atoms. The lowest BCUT2D eigenvalue weighted by molar-refractivity contribution is 0.237. The smallest absolute Gasteiger partial charge is 0.178 e. The van der Waals surface area contributed by atoms with Gasteiger partial charge in [0.15, 0.2) is 9.84 Å². The second-order valence-electron chi connectivity index (χ2n) is 5.60. The molecule has 118 valence electrons. The van der Waals surface area contributed by atoms with Crippen LogP contribution < -0.4 is 5.32 Å². The molecule has 1 aliphatic heterocycles. The summed E-state index contributed by atoms with van der Waals surface area (Å²) in [6.45, 7) is 7.37. The summed E-state index contributed by atoms with van der Waals surface area (Å²) in [5, 5.41) is 3.36. The summed E-state index contributed by atoms with van der Waals surface area (Å²) < 4.78 is 23.5. The van der Waals surface area contributed by atoms with Crippen LogP contribution in [0.2, 0.25) is 0 Å². The van der Waals surface area contributed by atoms with E-state index in [1.165, 1.54) is 18.5 Å². The molecule has 0 aliphatic carbocycles. The van der Waals surface area contributed by atoms with E-state index in [-0.39, 0.29) is 5.75 Å². The monoisotopic (exact) mass is 310 g/mol. The van der Waals surface area contributed by atoms with E-state index in [0.29, 0.717) is 4.90 Å². The standard InChI is InChI=1S/C16H26N2O2S/c1-2-21(19,20)16-8-6-15(7-9-16)5-3-4-12-18-13-10-17-11-14-18/h6-9,17H,2-5,10-14H2,1H3. The first-order valence-electron chi connectivity index (χ1n) is 7.86. The molecular weight excluding hydrogens is 284 g/mol. The van der Waals surface area contributed by atoms with Gasteiger partial charge < -0.3 is 10.2 Å². The minimum Gasteiger partial charge on any atom is -0.314 e. The quantitative estimate of drug-likeness (QED) is 0.779. The third-order valence-corrected chi connectivity index (χ3v) is 5.81. The second kappa shape index (κ2) is 7.92. The summed E-state index contributed by atoms with van der Waals surface area (Å²) in [7, 11) is -3.07. The van der Waals surface area contributed by atoms with E-state index in [4.69, 9.17) is 0 Å². The molecule has 0 unspecified atom stereocenters. The Bertz CT molecular complexity index is 520. The number of unbranched alkanes of at least 4 members (excludes halogenated alkanes) is 1. The first-order valence-corrected chi connectivity index (χ1v) is 9.52. The molecule has 4 nitrogen and oxygen atoms in total. The van der Waals surface area contributed by atoms with Gasteiger partial charge in [0.25, 0.3) is 0 Å². The number of aryl methyl sites for hydroxylation is 1. The fourth-order valence-corrected chi connectivity index (χ4v) is 3.51. The second-order valence-corrected chi connectivity index (χ2v) is 7.87. The fourth-order valence-electron chi connectivity index (χ4n) is 2.63. The van der Waals surface area contributed by atoms with Crippen LogP contribution in [-0.2, 0) is 16.3 Å². The molecule has 1 fully saturated rings. The van der Waals surface area contributed by atoms with E-state index < -0.39 is 9.84 Å².